The van der Waals surface area contributed by atoms with Crippen molar-refractivity contribution < 1.29 is 9.59 Å². The number of amides is 1. The van der Waals surface area contributed by atoms with Crippen molar-refractivity contribution in [1.29, 1.82) is 5.26 Å². The number of ketones is 1. The van der Waals surface area contributed by atoms with Crippen molar-refractivity contribution in [1.82, 2.24) is 9.47 Å². The average Bonchev–Trinajstić information content (AvgIpc) is 3.58. The van der Waals surface area contributed by atoms with E-state index >= 15 is 0 Å². The van der Waals surface area contributed by atoms with Crippen LogP contribution in [0.5, 0.6) is 0 Å². The molecular weight excluding hydrogens is 468 g/mol. The van der Waals surface area contributed by atoms with Crippen LogP contribution in [-0.2, 0) is 6.54 Å². The van der Waals surface area contributed by atoms with E-state index in [9.17, 15) is 19.6 Å². The summed E-state index contributed by atoms with van der Waals surface area (Å²) in [6, 6.07) is 14.6. The molecule has 1 saturated heterocycles. The van der Waals surface area contributed by atoms with E-state index in [4.69, 9.17) is 0 Å². The number of anilines is 1. The lowest BCUT2D eigenvalue weighted by atomic mass is 10.1. The van der Waals surface area contributed by atoms with E-state index in [1.165, 1.54) is 27.2 Å². The number of aromatic nitrogens is 1. The molecule has 9 heteroatoms. The van der Waals surface area contributed by atoms with Crippen LogP contribution in [0.3, 0.4) is 0 Å². The summed E-state index contributed by atoms with van der Waals surface area (Å²) in [6.45, 7) is 1.91. The third kappa shape index (κ3) is 3.91. The van der Waals surface area contributed by atoms with Gasteiger partial charge in [0.1, 0.15) is 11.6 Å². The van der Waals surface area contributed by atoms with Gasteiger partial charge in [-0.15, -0.1) is 22.7 Å². The van der Waals surface area contributed by atoms with Crippen molar-refractivity contribution in [3.63, 3.8) is 0 Å². The van der Waals surface area contributed by atoms with Crippen LogP contribution < -0.4 is 10.5 Å². The lowest BCUT2D eigenvalue weighted by Crippen LogP contribution is -2.49. The number of piperazine rings is 1. The first kappa shape index (κ1) is 22.1. The number of carbonyl (C=O) groups is 2. The third-order valence-corrected chi connectivity index (χ3v) is 7.60. The number of fused-ring (bicyclic) bond motifs is 1. The molecule has 1 amide bonds. The van der Waals surface area contributed by atoms with Crippen molar-refractivity contribution in [3.05, 3.63) is 85.0 Å². The van der Waals surface area contributed by atoms with Crippen LogP contribution in [0.15, 0.2) is 63.4 Å². The van der Waals surface area contributed by atoms with E-state index in [2.05, 4.69) is 6.07 Å². The Morgan fingerprint density at radius 2 is 1.76 bits per heavy atom. The molecule has 5 rings (SSSR count). The molecule has 34 heavy (non-hydrogen) atoms. The second kappa shape index (κ2) is 9.25. The van der Waals surface area contributed by atoms with E-state index < -0.39 is 5.56 Å². The number of hydrogen-bond acceptors (Lipinski definition) is 7. The lowest BCUT2D eigenvalue weighted by molar-refractivity contribution is 0.0751. The van der Waals surface area contributed by atoms with Gasteiger partial charge >= 0.3 is 0 Å². The summed E-state index contributed by atoms with van der Waals surface area (Å²) in [6.07, 6.45) is 0. The van der Waals surface area contributed by atoms with Crippen LogP contribution in [0.4, 0.5) is 5.69 Å². The molecule has 0 bridgehead atoms. The van der Waals surface area contributed by atoms with Crippen molar-refractivity contribution in [3.8, 4) is 6.07 Å². The molecule has 0 unspecified atom stereocenters. The zero-order valence-corrected chi connectivity index (χ0v) is 19.8. The van der Waals surface area contributed by atoms with Gasteiger partial charge in [-0.05, 0) is 11.4 Å². The monoisotopic (exact) mass is 488 g/mol. The maximum Gasteiger partial charge on any atom is 0.271 e. The molecule has 7 nitrogen and oxygen atoms in total. The highest BCUT2D eigenvalue weighted by Gasteiger charge is 2.28. The Morgan fingerprint density at radius 3 is 2.44 bits per heavy atom. The van der Waals surface area contributed by atoms with Gasteiger partial charge in [0.25, 0.3) is 11.5 Å². The Bertz CT molecular complexity index is 1460. The van der Waals surface area contributed by atoms with Gasteiger partial charge in [-0.25, -0.2) is 0 Å². The highest BCUT2D eigenvalue weighted by atomic mass is 32.1. The number of hydrogen-bond donors (Lipinski definition) is 0. The molecule has 0 spiro atoms. The van der Waals surface area contributed by atoms with Crippen LogP contribution in [-0.4, -0.2) is 47.3 Å². The molecule has 1 aromatic carbocycles. The van der Waals surface area contributed by atoms with Gasteiger partial charge in [0.05, 0.1) is 22.6 Å². The third-order valence-electron chi connectivity index (χ3n) is 6.01. The minimum absolute atomic E-state index is 0.00526. The van der Waals surface area contributed by atoms with Gasteiger partial charge in [-0.3, -0.25) is 19.0 Å². The maximum absolute atomic E-state index is 13.4. The molecule has 1 aliphatic heterocycles. The quantitative estimate of drug-likeness (QED) is 0.399. The highest BCUT2D eigenvalue weighted by molar-refractivity contribution is 7.12. The molecule has 0 radical (unpaired) electrons. The highest BCUT2D eigenvalue weighted by Crippen LogP contribution is 2.32. The zero-order chi connectivity index (χ0) is 23.7. The zero-order valence-electron chi connectivity index (χ0n) is 18.1. The molecular formula is C25H20N4O3S2. The number of nitriles is 1. The molecule has 0 aliphatic carbocycles. The minimum Gasteiger partial charge on any atom is -0.366 e. The number of rotatable bonds is 5. The summed E-state index contributed by atoms with van der Waals surface area (Å²) in [4.78, 5) is 43.4. The predicted molar refractivity (Wildman–Crippen MR) is 134 cm³/mol. The molecule has 170 valence electrons. The molecule has 0 saturated carbocycles. The smallest absolute Gasteiger partial charge is 0.271 e. The molecule has 4 heterocycles. The summed E-state index contributed by atoms with van der Waals surface area (Å²) in [5, 5.41) is 16.4. The van der Waals surface area contributed by atoms with Crippen LogP contribution in [0, 0.1) is 11.3 Å². The predicted octanol–water partition coefficient (Wildman–Crippen LogP) is 3.84. The van der Waals surface area contributed by atoms with Gasteiger partial charge in [-0.2, -0.15) is 5.26 Å². The SMILES string of the molecule is N#Cc1c(N2CCN(C(=O)c3cccs3)CC2)c2cscc2n(CC(=O)c2ccccc2)c1=O. The van der Waals surface area contributed by atoms with Gasteiger partial charge in [0, 0.05) is 47.9 Å². The first-order valence-corrected chi connectivity index (χ1v) is 12.6. The van der Waals surface area contributed by atoms with E-state index in [-0.39, 0.29) is 23.8 Å². The van der Waals surface area contributed by atoms with Crippen molar-refractivity contribution >= 4 is 51.0 Å². The fraction of sp³-hybridized carbons (Fsp3) is 0.200. The minimum atomic E-state index is -0.468. The van der Waals surface area contributed by atoms with E-state index in [1.54, 1.807) is 29.2 Å². The Kier molecular flexibility index (Phi) is 6.01. The normalized spacial score (nSPS) is 13.7. The van der Waals surface area contributed by atoms with Crippen LogP contribution >= 0.6 is 22.7 Å². The standard InChI is InChI=1S/C25H20N4O3S2/c26-13-18-23(27-8-10-28(11-9-27)25(32)22-7-4-12-34-22)19-15-33-16-20(19)29(24(18)31)14-21(30)17-5-2-1-3-6-17/h1-7,12,15-16H,8-11,14H2. The summed E-state index contributed by atoms with van der Waals surface area (Å²) >= 11 is 2.85. The summed E-state index contributed by atoms with van der Waals surface area (Å²) in [7, 11) is 0. The van der Waals surface area contributed by atoms with Crippen molar-refractivity contribution in [2.45, 2.75) is 6.54 Å². The van der Waals surface area contributed by atoms with Crippen molar-refractivity contribution in [2.75, 3.05) is 31.1 Å². The number of pyridine rings is 1. The van der Waals surface area contributed by atoms with Gasteiger partial charge in [0.2, 0.25) is 0 Å². The van der Waals surface area contributed by atoms with E-state index in [0.717, 1.165) is 5.39 Å². The molecule has 4 aromatic rings. The molecule has 0 atom stereocenters. The van der Waals surface area contributed by atoms with Crippen LogP contribution in [0.2, 0.25) is 0 Å². The Morgan fingerprint density at radius 1 is 1.00 bits per heavy atom. The molecule has 0 N–H and O–H groups in total. The topological polar surface area (TPSA) is 86.4 Å². The van der Waals surface area contributed by atoms with Crippen LogP contribution in [0.25, 0.3) is 10.9 Å². The Hall–Kier alpha value is -3.74. The second-order valence-electron chi connectivity index (χ2n) is 7.94. The number of carbonyl (C=O) groups excluding carboxylic acids is 2. The number of thiophene rings is 2. The Balaban J connectivity index is 1.46. The average molecular weight is 489 g/mol. The summed E-state index contributed by atoms with van der Waals surface area (Å²) in [5.41, 5.74) is 1.32. The van der Waals surface area contributed by atoms with Gasteiger partial charge < -0.3 is 9.80 Å². The largest absolute Gasteiger partial charge is 0.366 e. The first-order valence-electron chi connectivity index (χ1n) is 10.8. The van der Waals surface area contributed by atoms with Gasteiger partial charge in [0.15, 0.2) is 5.78 Å². The molecule has 1 fully saturated rings. The lowest BCUT2D eigenvalue weighted by Gasteiger charge is -2.36. The van der Waals surface area contributed by atoms with Crippen molar-refractivity contribution in [2.24, 2.45) is 0 Å². The summed E-state index contributed by atoms with van der Waals surface area (Å²) < 4.78 is 1.40. The fourth-order valence-electron chi connectivity index (χ4n) is 4.29. The summed E-state index contributed by atoms with van der Waals surface area (Å²) in [5.74, 6) is -0.182. The van der Waals surface area contributed by atoms with E-state index in [0.29, 0.717) is 47.8 Å². The number of nitrogens with zero attached hydrogens (tertiary/aromatic N) is 4. The second-order valence-corrected chi connectivity index (χ2v) is 9.63. The molecule has 3 aromatic heterocycles. The van der Waals surface area contributed by atoms with Crippen LogP contribution in [0.1, 0.15) is 25.6 Å². The maximum atomic E-state index is 13.4. The molecule has 1 aliphatic rings. The Labute approximate surface area is 203 Å². The fourth-order valence-corrected chi connectivity index (χ4v) is 5.80. The first-order chi connectivity index (χ1) is 16.6. The number of Topliss-reactive ketones (excluding diaryl/α,β-unsaturated/α-hetero) is 1. The van der Waals surface area contributed by atoms with Gasteiger partial charge in [-0.1, -0.05) is 36.4 Å². The van der Waals surface area contributed by atoms with E-state index in [1.807, 2.05) is 39.2 Å². The number of benzene rings is 1.